The molecule has 1 aliphatic heterocycles. The van der Waals surface area contributed by atoms with E-state index in [9.17, 15) is 0 Å². The SMILES string of the molecule is Cc1ccc(C)c(OCC[NH2+]C[C@@H]2CCCO2)c1Cl. The van der Waals surface area contributed by atoms with Gasteiger partial charge in [0.15, 0.2) is 0 Å². The summed E-state index contributed by atoms with van der Waals surface area (Å²) in [6.45, 7) is 7.59. The Bertz CT molecular complexity index is 417. The highest BCUT2D eigenvalue weighted by Gasteiger charge is 2.16. The number of hydrogen-bond donors (Lipinski definition) is 1. The van der Waals surface area contributed by atoms with Crippen molar-refractivity contribution >= 4 is 11.6 Å². The molecule has 0 bridgehead atoms. The van der Waals surface area contributed by atoms with Gasteiger partial charge in [-0.05, 0) is 37.8 Å². The van der Waals surface area contributed by atoms with Crippen LogP contribution in [0.4, 0.5) is 0 Å². The first-order chi connectivity index (χ1) is 9.18. The smallest absolute Gasteiger partial charge is 0.141 e. The van der Waals surface area contributed by atoms with E-state index in [0.717, 1.165) is 41.6 Å². The van der Waals surface area contributed by atoms with Crippen molar-refractivity contribution in [1.82, 2.24) is 0 Å². The van der Waals surface area contributed by atoms with Gasteiger partial charge in [0.05, 0.1) is 5.02 Å². The van der Waals surface area contributed by atoms with Crippen LogP contribution in [0.3, 0.4) is 0 Å². The molecule has 1 atom stereocenters. The van der Waals surface area contributed by atoms with Crippen molar-refractivity contribution < 1.29 is 14.8 Å². The molecule has 2 N–H and O–H groups in total. The molecule has 19 heavy (non-hydrogen) atoms. The Morgan fingerprint density at radius 1 is 1.37 bits per heavy atom. The number of hydrogen-bond acceptors (Lipinski definition) is 2. The Balaban J connectivity index is 1.72. The maximum Gasteiger partial charge on any atom is 0.141 e. The van der Waals surface area contributed by atoms with Gasteiger partial charge >= 0.3 is 0 Å². The minimum absolute atomic E-state index is 0.435. The lowest BCUT2D eigenvalue weighted by atomic mass is 10.1. The van der Waals surface area contributed by atoms with Crippen molar-refractivity contribution in [3.63, 3.8) is 0 Å². The molecular weight excluding hydrogens is 262 g/mol. The molecular formula is C15H23ClNO2+. The van der Waals surface area contributed by atoms with E-state index in [0.29, 0.717) is 12.7 Å². The third kappa shape index (κ3) is 4.10. The zero-order chi connectivity index (χ0) is 13.7. The summed E-state index contributed by atoms with van der Waals surface area (Å²) in [5, 5.41) is 2.99. The van der Waals surface area contributed by atoms with Crippen molar-refractivity contribution in [2.45, 2.75) is 32.8 Å². The van der Waals surface area contributed by atoms with Crippen LogP contribution in [0.5, 0.6) is 5.75 Å². The number of rotatable bonds is 6. The average Bonchev–Trinajstić information content (AvgIpc) is 2.90. The summed E-state index contributed by atoms with van der Waals surface area (Å²) >= 11 is 6.26. The third-order valence-electron chi connectivity index (χ3n) is 3.51. The molecule has 0 aliphatic carbocycles. The molecule has 0 aromatic heterocycles. The first-order valence-corrected chi connectivity index (χ1v) is 7.38. The lowest BCUT2D eigenvalue weighted by Crippen LogP contribution is -2.87. The van der Waals surface area contributed by atoms with Crippen LogP contribution >= 0.6 is 11.6 Å². The Kier molecular flexibility index (Phi) is 5.49. The standard InChI is InChI=1S/C15H22ClNO2/c1-11-5-6-12(2)15(14(11)16)19-9-7-17-10-13-4-3-8-18-13/h5-6,13,17H,3-4,7-10H2,1-2H3/p+1/t13-/m0/s1. The van der Waals surface area contributed by atoms with E-state index in [-0.39, 0.29) is 0 Å². The molecule has 1 fully saturated rings. The van der Waals surface area contributed by atoms with Crippen molar-refractivity contribution in [2.24, 2.45) is 0 Å². The highest BCUT2D eigenvalue weighted by Crippen LogP contribution is 2.31. The number of ether oxygens (including phenoxy) is 2. The van der Waals surface area contributed by atoms with Crippen LogP contribution in [0.1, 0.15) is 24.0 Å². The highest BCUT2D eigenvalue weighted by molar-refractivity contribution is 6.32. The minimum Gasteiger partial charge on any atom is -0.486 e. The van der Waals surface area contributed by atoms with Crippen molar-refractivity contribution in [2.75, 3.05) is 26.3 Å². The van der Waals surface area contributed by atoms with E-state index in [2.05, 4.69) is 5.32 Å². The predicted octanol–water partition coefficient (Wildman–Crippen LogP) is 2.08. The van der Waals surface area contributed by atoms with Gasteiger partial charge in [0.25, 0.3) is 0 Å². The summed E-state index contributed by atoms with van der Waals surface area (Å²) < 4.78 is 11.4. The quantitative estimate of drug-likeness (QED) is 0.812. The first-order valence-electron chi connectivity index (χ1n) is 7.00. The summed E-state index contributed by atoms with van der Waals surface area (Å²) in [4.78, 5) is 0. The molecule has 0 radical (unpaired) electrons. The fourth-order valence-corrected chi connectivity index (χ4v) is 2.57. The van der Waals surface area contributed by atoms with Crippen LogP contribution in [0.25, 0.3) is 0 Å². The van der Waals surface area contributed by atoms with Gasteiger partial charge in [-0.3, -0.25) is 0 Å². The van der Waals surface area contributed by atoms with E-state index in [4.69, 9.17) is 21.1 Å². The number of aryl methyl sites for hydroxylation is 2. The van der Waals surface area contributed by atoms with E-state index in [1.165, 1.54) is 12.8 Å². The van der Waals surface area contributed by atoms with Gasteiger partial charge in [-0.25, -0.2) is 0 Å². The van der Waals surface area contributed by atoms with Crippen LogP contribution in [0.2, 0.25) is 5.02 Å². The predicted molar refractivity (Wildman–Crippen MR) is 77.1 cm³/mol. The summed E-state index contributed by atoms with van der Waals surface area (Å²) in [5.41, 5.74) is 2.15. The topological polar surface area (TPSA) is 35.1 Å². The molecule has 0 saturated carbocycles. The monoisotopic (exact) mass is 284 g/mol. The Hall–Kier alpha value is -0.770. The van der Waals surface area contributed by atoms with Crippen LogP contribution in [0, 0.1) is 13.8 Å². The first kappa shape index (κ1) is 14.6. The average molecular weight is 285 g/mol. The Labute approximate surface area is 120 Å². The van der Waals surface area contributed by atoms with Gasteiger partial charge in [0.2, 0.25) is 0 Å². The zero-order valence-electron chi connectivity index (χ0n) is 11.7. The second-order valence-electron chi connectivity index (χ2n) is 5.14. The zero-order valence-corrected chi connectivity index (χ0v) is 12.5. The highest BCUT2D eigenvalue weighted by atomic mass is 35.5. The van der Waals surface area contributed by atoms with Crippen LogP contribution < -0.4 is 10.1 Å². The molecule has 106 valence electrons. The van der Waals surface area contributed by atoms with E-state index in [1.54, 1.807) is 0 Å². The van der Waals surface area contributed by atoms with E-state index in [1.807, 2.05) is 26.0 Å². The maximum atomic E-state index is 6.26. The molecule has 0 unspecified atom stereocenters. The van der Waals surface area contributed by atoms with Gasteiger partial charge < -0.3 is 14.8 Å². The van der Waals surface area contributed by atoms with Crippen molar-refractivity contribution in [1.29, 1.82) is 0 Å². The molecule has 0 spiro atoms. The minimum atomic E-state index is 0.435. The number of quaternary nitrogens is 1. The van der Waals surface area contributed by atoms with Crippen molar-refractivity contribution in [3.05, 3.63) is 28.3 Å². The van der Waals surface area contributed by atoms with E-state index < -0.39 is 0 Å². The number of benzene rings is 1. The molecule has 2 rings (SSSR count). The normalized spacial score (nSPS) is 18.8. The van der Waals surface area contributed by atoms with Gasteiger partial charge in [-0.2, -0.15) is 0 Å². The molecule has 1 aliphatic rings. The maximum absolute atomic E-state index is 6.26. The lowest BCUT2D eigenvalue weighted by molar-refractivity contribution is -0.661. The lowest BCUT2D eigenvalue weighted by Gasteiger charge is -2.13. The summed E-state index contributed by atoms with van der Waals surface area (Å²) in [7, 11) is 0. The number of nitrogens with two attached hydrogens (primary N) is 1. The van der Waals surface area contributed by atoms with Crippen LogP contribution in [-0.2, 0) is 4.74 Å². The Morgan fingerprint density at radius 2 is 2.16 bits per heavy atom. The number of halogens is 1. The summed E-state index contributed by atoms with van der Waals surface area (Å²) in [6, 6.07) is 4.07. The molecule has 0 amide bonds. The van der Waals surface area contributed by atoms with Crippen LogP contribution in [-0.4, -0.2) is 32.4 Å². The summed E-state index contributed by atoms with van der Waals surface area (Å²) in [6.07, 6.45) is 2.83. The second-order valence-corrected chi connectivity index (χ2v) is 5.52. The fraction of sp³-hybridized carbons (Fsp3) is 0.600. The fourth-order valence-electron chi connectivity index (χ4n) is 2.31. The third-order valence-corrected chi connectivity index (χ3v) is 3.98. The van der Waals surface area contributed by atoms with Gasteiger partial charge in [-0.15, -0.1) is 0 Å². The van der Waals surface area contributed by atoms with Gasteiger partial charge in [0, 0.05) is 6.61 Å². The molecule has 3 nitrogen and oxygen atoms in total. The van der Waals surface area contributed by atoms with Gasteiger partial charge in [-0.1, -0.05) is 23.7 Å². The molecule has 4 heteroatoms. The molecule has 1 saturated heterocycles. The Morgan fingerprint density at radius 3 is 2.89 bits per heavy atom. The molecule has 1 aromatic rings. The largest absolute Gasteiger partial charge is 0.486 e. The van der Waals surface area contributed by atoms with Crippen LogP contribution in [0.15, 0.2) is 12.1 Å². The molecule has 1 aromatic carbocycles. The second kappa shape index (κ2) is 7.13. The van der Waals surface area contributed by atoms with Crippen molar-refractivity contribution in [3.8, 4) is 5.75 Å². The summed E-state index contributed by atoms with van der Waals surface area (Å²) in [5.74, 6) is 0.826. The van der Waals surface area contributed by atoms with Gasteiger partial charge in [0.1, 0.15) is 31.5 Å². The van der Waals surface area contributed by atoms with E-state index >= 15 is 0 Å². The molecule has 1 heterocycles.